The predicted molar refractivity (Wildman–Crippen MR) is 93.8 cm³/mol. The molecular weight excluding hydrogens is 320 g/mol. The molecule has 4 rings (SSSR count). The number of carbonyl (C=O) groups excluding carboxylic acids is 1. The summed E-state index contributed by atoms with van der Waals surface area (Å²) in [6.07, 6.45) is 8.25. The Morgan fingerprint density at radius 3 is 3.00 bits per heavy atom. The first-order valence-corrected chi connectivity index (χ1v) is 9.42. The summed E-state index contributed by atoms with van der Waals surface area (Å²) >= 11 is 1.83. The Balaban J connectivity index is 1.42. The molecule has 2 aliphatic heterocycles. The molecule has 0 N–H and O–H groups in total. The number of nitrogens with zero attached hydrogens (tertiary/aromatic N) is 4. The van der Waals surface area contributed by atoms with Gasteiger partial charge in [-0.05, 0) is 37.3 Å². The number of hydrogen-bond acceptors (Lipinski definition) is 5. The molecule has 1 atom stereocenters. The third-order valence-electron chi connectivity index (χ3n) is 5.21. The van der Waals surface area contributed by atoms with Crippen molar-refractivity contribution in [1.82, 2.24) is 19.8 Å². The summed E-state index contributed by atoms with van der Waals surface area (Å²) in [5.41, 5.74) is 0.718. The highest BCUT2D eigenvalue weighted by Crippen LogP contribution is 2.39. The highest BCUT2D eigenvalue weighted by atomic mass is 32.1. The fourth-order valence-corrected chi connectivity index (χ4v) is 4.82. The van der Waals surface area contributed by atoms with Crippen molar-refractivity contribution in [3.8, 4) is 0 Å². The van der Waals surface area contributed by atoms with Crippen LogP contribution in [0.2, 0.25) is 0 Å². The molecular formula is C18H22N4OS. The topological polar surface area (TPSA) is 49.3 Å². The molecule has 0 aliphatic carbocycles. The Labute approximate surface area is 146 Å². The average molecular weight is 342 g/mol. The van der Waals surface area contributed by atoms with Crippen LogP contribution in [0.3, 0.4) is 0 Å². The molecule has 0 bridgehead atoms. The van der Waals surface area contributed by atoms with Crippen molar-refractivity contribution in [2.24, 2.45) is 5.41 Å². The quantitative estimate of drug-likeness (QED) is 0.860. The summed E-state index contributed by atoms with van der Waals surface area (Å²) in [6, 6.07) is 4.33. The maximum atomic E-state index is 12.7. The maximum absolute atomic E-state index is 12.7. The molecule has 1 spiro atoms. The van der Waals surface area contributed by atoms with Crippen LogP contribution in [-0.4, -0.2) is 51.9 Å². The minimum atomic E-state index is 0.0267. The SMILES string of the molecule is O=C(c1cnccn1)N1CCCC2(CCN(Cc3cccs3)C2)C1. The first-order valence-electron chi connectivity index (χ1n) is 8.54. The van der Waals surface area contributed by atoms with Crippen LogP contribution < -0.4 is 0 Å². The third-order valence-corrected chi connectivity index (χ3v) is 6.07. The Bertz CT molecular complexity index is 690. The van der Waals surface area contributed by atoms with Gasteiger partial charge in [-0.25, -0.2) is 4.98 Å². The molecule has 126 valence electrons. The number of hydrogen-bond donors (Lipinski definition) is 0. The van der Waals surface area contributed by atoms with E-state index in [-0.39, 0.29) is 11.3 Å². The van der Waals surface area contributed by atoms with Crippen molar-refractivity contribution in [2.45, 2.75) is 25.8 Å². The zero-order valence-electron chi connectivity index (χ0n) is 13.7. The summed E-state index contributed by atoms with van der Waals surface area (Å²) in [4.78, 5) is 26.8. The molecule has 4 heterocycles. The summed E-state index contributed by atoms with van der Waals surface area (Å²) in [6.45, 7) is 4.95. The van der Waals surface area contributed by atoms with Crippen molar-refractivity contribution < 1.29 is 4.79 Å². The zero-order valence-corrected chi connectivity index (χ0v) is 14.5. The molecule has 24 heavy (non-hydrogen) atoms. The molecule has 1 amide bonds. The Hall–Kier alpha value is -1.79. The summed E-state index contributed by atoms with van der Waals surface area (Å²) < 4.78 is 0. The predicted octanol–water partition coefficient (Wildman–Crippen LogP) is 2.67. The highest BCUT2D eigenvalue weighted by molar-refractivity contribution is 7.09. The molecule has 2 saturated heterocycles. The number of carbonyl (C=O) groups is 1. The second kappa shape index (κ2) is 6.61. The molecule has 2 aromatic heterocycles. The molecule has 0 radical (unpaired) electrons. The molecule has 2 aromatic rings. The summed E-state index contributed by atoms with van der Waals surface area (Å²) in [7, 11) is 0. The number of piperidine rings is 1. The van der Waals surface area contributed by atoms with E-state index < -0.39 is 0 Å². The van der Waals surface area contributed by atoms with E-state index in [1.54, 1.807) is 18.6 Å². The highest BCUT2D eigenvalue weighted by Gasteiger charge is 2.42. The van der Waals surface area contributed by atoms with Crippen LogP contribution in [0, 0.1) is 5.41 Å². The van der Waals surface area contributed by atoms with E-state index in [9.17, 15) is 4.79 Å². The normalized spacial score (nSPS) is 24.6. The van der Waals surface area contributed by atoms with Crippen LogP contribution in [0.1, 0.15) is 34.6 Å². The number of amides is 1. The fraction of sp³-hybridized carbons (Fsp3) is 0.500. The van der Waals surface area contributed by atoms with Gasteiger partial charge in [0.1, 0.15) is 5.69 Å². The monoisotopic (exact) mass is 342 g/mol. The summed E-state index contributed by atoms with van der Waals surface area (Å²) in [5, 5.41) is 2.14. The van der Waals surface area contributed by atoms with Gasteiger partial charge in [-0.3, -0.25) is 14.7 Å². The number of rotatable bonds is 3. The Kier molecular flexibility index (Phi) is 4.33. The molecule has 1 unspecified atom stereocenters. The molecule has 0 aromatic carbocycles. The van der Waals surface area contributed by atoms with Gasteiger partial charge >= 0.3 is 0 Å². The van der Waals surface area contributed by atoms with Gasteiger partial charge in [0.05, 0.1) is 6.20 Å². The lowest BCUT2D eigenvalue weighted by Crippen LogP contribution is -2.47. The van der Waals surface area contributed by atoms with Crippen LogP contribution in [0.25, 0.3) is 0 Å². The first-order chi connectivity index (χ1) is 11.7. The van der Waals surface area contributed by atoms with Crippen LogP contribution in [0.15, 0.2) is 36.1 Å². The first kappa shape index (κ1) is 15.7. The van der Waals surface area contributed by atoms with Gasteiger partial charge in [0.15, 0.2) is 0 Å². The van der Waals surface area contributed by atoms with E-state index in [0.717, 1.165) is 39.1 Å². The van der Waals surface area contributed by atoms with Gasteiger partial charge in [-0.15, -0.1) is 11.3 Å². The van der Waals surface area contributed by atoms with Crippen molar-refractivity contribution in [1.29, 1.82) is 0 Å². The van der Waals surface area contributed by atoms with E-state index in [1.165, 1.54) is 17.7 Å². The van der Waals surface area contributed by atoms with E-state index in [2.05, 4.69) is 32.4 Å². The lowest BCUT2D eigenvalue weighted by atomic mass is 9.79. The Morgan fingerprint density at radius 1 is 1.25 bits per heavy atom. The largest absolute Gasteiger partial charge is 0.337 e. The maximum Gasteiger partial charge on any atom is 0.274 e. The Morgan fingerprint density at radius 2 is 2.21 bits per heavy atom. The van der Waals surface area contributed by atoms with Gasteiger partial charge in [0, 0.05) is 48.9 Å². The van der Waals surface area contributed by atoms with Crippen LogP contribution in [0.5, 0.6) is 0 Å². The van der Waals surface area contributed by atoms with Crippen LogP contribution in [-0.2, 0) is 6.54 Å². The van der Waals surface area contributed by atoms with E-state index in [0.29, 0.717) is 5.69 Å². The minimum absolute atomic E-state index is 0.0267. The van der Waals surface area contributed by atoms with Crippen LogP contribution >= 0.6 is 11.3 Å². The smallest absolute Gasteiger partial charge is 0.274 e. The van der Waals surface area contributed by atoms with Gasteiger partial charge in [-0.1, -0.05) is 6.07 Å². The van der Waals surface area contributed by atoms with E-state index in [1.807, 2.05) is 16.2 Å². The van der Waals surface area contributed by atoms with Gasteiger partial charge in [-0.2, -0.15) is 0 Å². The molecule has 2 fully saturated rings. The number of aromatic nitrogens is 2. The van der Waals surface area contributed by atoms with E-state index >= 15 is 0 Å². The van der Waals surface area contributed by atoms with Crippen molar-refractivity contribution in [2.75, 3.05) is 26.2 Å². The average Bonchev–Trinajstić information content (AvgIpc) is 3.26. The standard InChI is InChI=1S/C18H22N4OS/c23-17(16-11-19-6-7-20-16)22-8-2-4-18(14-22)5-9-21(13-18)12-15-3-1-10-24-15/h1,3,6-7,10-11H,2,4-5,8-9,12-14H2. The zero-order chi connectivity index (χ0) is 16.4. The third kappa shape index (κ3) is 3.21. The van der Waals surface area contributed by atoms with Gasteiger partial charge in [0.2, 0.25) is 0 Å². The second-order valence-corrected chi connectivity index (χ2v) is 7.99. The number of thiophene rings is 1. The lowest BCUT2D eigenvalue weighted by molar-refractivity contribution is 0.0521. The van der Waals surface area contributed by atoms with Gasteiger partial charge in [0.25, 0.3) is 5.91 Å². The molecule has 5 nitrogen and oxygen atoms in total. The van der Waals surface area contributed by atoms with Crippen molar-refractivity contribution >= 4 is 17.2 Å². The minimum Gasteiger partial charge on any atom is -0.337 e. The van der Waals surface area contributed by atoms with E-state index in [4.69, 9.17) is 0 Å². The van der Waals surface area contributed by atoms with Crippen LogP contribution in [0.4, 0.5) is 0 Å². The molecule has 6 heteroatoms. The summed E-state index contributed by atoms with van der Waals surface area (Å²) in [5.74, 6) is 0.0267. The lowest BCUT2D eigenvalue weighted by Gasteiger charge is -2.40. The second-order valence-electron chi connectivity index (χ2n) is 6.96. The van der Waals surface area contributed by atoms with Crippen molar-refractivity contribution in [3.63, 3.8) is 0 Å². The molecule has 2 aliphatic rings. The number of likely N-dealkylation sites (tertiary alicyclic amines) is 2. The molecule has 0 saturated carbocycles. The van der Waals surface area contributed by atoms with Gasteiger partial charge < -0.3 is 4.90 Å². The fourth-order valence-electron chi connectivity index (χ4n) is 4.07. The van der Waals surface area contributed by atoms with Crippen molar-refractivity contribution in [3.05, 3.63) is 46.7 Å².